The Bertz CT molecular complexity index is 1060. The summed E-state index contributed by atoms with van der Waals surface area (Å²) < 4.78 is 26.9. The van der Waals surface area contributed by atoms with Crippen LogP contribution in [-0.2, 0) is 0 Å². The van der Waals surface area contributed by atoms with Gasteiger partial charge < -0.3 is 4.98 Å². The van der Waals surface area contributed by atoms with Crippen LogP contribution in [0.15, 0.2) is 48.5 Å². The predicted molar refractivity (Wildman–Crippen MR) is 90.6 cm³/mol. The molecule has 0 bridgehead atoms. The van der Waals surface area contributed by atoms with Crippen LogP contribution in [-0.4, -0.2) is 4.98 Å². The van der Waals surface area contributed by atoms with E-state index >= 15 is 0 Å². The van der Waals surface area contributed by atoms with Crippen molar-refractivity contribution in [1.82, 2.24) is 4.98 Å². The average Bonchev–Trinajstić information content (AvgIpc) is 2.84. The van der Waals surface area contributed by atoms with Gasteiger partial charge in [0.05, 0.1) is 0 Å². The van der Waals surface area contributed by atoms with Gasteiger partial charge in [0.25, 0.3) is 0 Å². The molecule has 0 unspecified atom stereocenters. The third-order valence-corrected chi connectivity index (χ3v) is 4.36. The average molecular weight is 307 g/mol. The molecule has 0 saturated carbocycles. The molecule has 0 saturated heterocycles. The summed E-state index contributed by atoms with van der Waals surface area (Å²) in [6, 6.07) is 14.0. The number of H-pyrrole nitrogens is 1. The van der Waals surface area contributed by atoms with Gasteiger partial charge >= 0.3 is 0 Å². The van der Waals surface area contributed by atoms with Crippen molar-refractivity contribution in [3.05, 3.63) is 71.3 Å². The molecule has 1 heterocycles. The molecule has 0 spiro atoms. The second-order valence-electron chi connectivity index (χ2n) is 5.99. The lowest BCUT2D eigenvalue weighted by Gasteiger charge is -2.06. The molecular weight excluding hydrogens is 292 g/mol. The van der Waals surface area contributed by atoms with Crippen molar-refractivity contribution in [3.8, 4) is 11.1 Å². The number of aromatic nitrogens is 1. The summed E-state index contributed by atoms with van der Waals surface area (Å²) in [5, 5.41) is 2.12. The molecule has 4 aromatic rings. The van der Waals surface area contributed by atoms with Crippen molar-refractivity contribution in [1.29, 1.82) is 0 Å². The SMILES string of the molecule is Cc1cc(F)ccc1-c1ccc2c(c1)[nH]c1cc(F)cc(C)c12. The van der Waals surface area contributed by atoms with Gasteiger partial charge in [-0.25, -0.2) is 8.78 Å². The van der Waals surface area contributed by atoms with Crippen LogP contribution in [0.3, 0.4) is 0 Å². The Kier molecular flexibility index (Phi) is 2.98. The lowest BCUT2D eigenvalue weighted by Crippen LogP contribution is -1.85. The molecule has 114 valence electrons. The van der Waals surface area contributed by atoms with Gasteiger partial charge in [-0.2, -0.15) is 0 Å². The van der Waals surface area contributed by atoms with E-state index in [9.17, 15) is 8.78 Å². The third-order valence-electron chi connectivity index (χ3n) is 4.36. The van der Waals surface area contributed by atoms with Gasteiger partial charge in [0.1, 0.15) is 11.6 Å². The smallest absolute Gasteiger partial charge is 0.125 e. The largest absolute Gasteiger partial charge is 0.354 e. The molecule has 0 aliphatic heterocycles. The van der Waals surface area contributed by atoms with E-state index in [-0.39, 0.29) is 11.6 Å². The van der Waals surface area contributed by atoms with E-state index in [1.807, 2.05) is 32.0 Å². The van der Waals surface area contributed by atoms with Gasteiger partial charge in [-0.1, -0.05) is 18.2 Å². The maximum Gasteiger partial charge on any atom is 0.125 e. The normalized spacial score (nSPS) is 11.5. The first-order valence-corrected chi connectivity index (χ1v) is 7.51. The van der Waals surface area contributed by atoms with Gasteiger partial charge in [0.2, 0.25) is 0 Å². The minimum atomic E-state index is -0.240. The number of nitrogens with one attached hydrogen (secondary N) is 1. The highest BCUT2D eigenvalue weighted by atomic mass is 19.1. The van der Waals surface area contributed by atoms with Gasteiger partial charge in [-0.15, -0.1) is 0 Å². The lowest BCUT2D eigenvalue weighted by molar-refractivity contribution is 0.627. The maximum absolute atomic E-state index is 13.6. The Labute approximate surface area is 132 Å². The highest BCUT2D eigenvalue weighted by Crippen LogP contribution is 2.33. The summed E-state index contributed by atoms with van der Waals surface area (Å²) in [5.74, 6) is -0.472. The van der Waals surface area contributed by atoms with Crippen LogP contribution in [0.4, 0.5) is 8.78 Å². The van der Waals surface area contributed by atoms with Crippen LogP contribution in [0.25, 0.3) is 32.9 Å². The Hall–Kier alpha value is -2.68. The Morgan fingerprint density at radius 3 is 2.30 bits per heavy atom. The molecule has 1 N–H and O–H groups in total. The lowest BCUT2D eigenvalue weighted by atomic mass is 9.98. The summed E-state index contributed by atoms with van der Waals surface area (Å²) in [5.41, 5.74) is 5.56. The zero-order valence-electron chi connectivity index (χ0n) is 12.9. The van der Waals surface area contributed by atoms with Crippen LogP contribution in [0.2, 0.25) is 0 Å². The number of aryl methyl sites for hydroxylation is 2. The second kappa shape index (κ2) is 4.92. The van der Waals surface area contributed by atoms with Crippen LogP contribution in [0, 0.1) is 25.5 Å². The molecule has 23 heavy (non-hydrogen) atoms. The molecule has 1 aromatic heterocycles. The fraction of sp³-hybridized carbons (Fsp3) is 0.100. The molecule has 3 heteroatoms. The fourth-order valence-corrected chi connectivity index (χ4v) is 3.33. The Balaban J connectivity index is 1.98. The summed E-state index contributed by atoms with van der Waals surface area (Å²) in [4.78, 5) is 3.29. The first-order valence-electron chi connectivity index (χ1n) is 7.51. The van der Waals surface area contributed by atoms with Gasteiger partial charge in [-0.05, 0) is 66.4 Å². The van der Waals surface area contributed by atoms with E-state index in [1.54, 1.807) is 12.1 Å². The highest BCUT2D eigenvalue weighted by Gasteiger charge is 2.10. The van der Waals surface area contributed by atoms with Crippen LogP contribution >= 0.6 is 0 Å². The summed E-state index contributed by atoms with van der Waals surface area (Å²) >= 11 is 0. The molecule has 0 amide bonds. The standard InChI is InChI=1S/C20H15F2N/c1-11-7-14(21)4-6-16(11)13-3-5-17-18(9-13)23-19-10-15(22)8-12(2)20(17)19/h3-10,23H,1-2H3. The zero-order valence-corrected chi connectivity index (χ0v) is 12.9. The number of halogens is 2. The topological polar surface area (TPSA) is 15.8 Å². The van der Waals surface area contributed by atoms with Crippen molar-refractivity contribution >= 4 is 21.8 Å². The molecular formula is C20H15F2N. The van der Waals surface area contributed by atoms with Gasteiger partial charge in [0, 0.05) is 21.8 Å². The second-order valence-corrected chi connectivity index (χ2v) is 5.99. The first kappa shape index (κ1) is 13.9. The minimum absolute atomic E-state index is 0.232. The maximum atomic E-state index is 13.6. The van der Waals surface area contributed by atoms with E-state index in [4.69, 9.17) is 0 Å². The number of hydrogen-bond donors (Lipinski definition) is 1. The van der Waals surface area contributed by atoms with Gasteiger partial charge in [0.15, 0.2) is 0 Å². The number of fused-ring (bicyclic) bond motifs is 3. The fourth-order valence-electron chi connectivity index (χ4n) is 3.33. The number of aromatic amines is 1. The number of rotatable bonds is 1. The van der Waals surface area contributed by atoms with Crippen LogP contribution in [0.1, 0.15) is 11.1 Å². The molecule has 4 rings (SSSR count). The van der Waals surface area contributed by atoms with E-state index < -0.39 is 0 Å². The molecule has 0 aliphatic carbocycles. The summed E-state index contributed by atoms with van der Waals surface area (Å²) in [7, 11) is 0. The number of hydrogen-bond acceptors (Lipinski definition) is 0. The zero-order chi connectivity index (χ0) is 16.1. The van der Waals surface area contributed by atoms with Crippen molar-refractivity contribution in [2.45, 2.75) is 13.8 Å². The Morgan fingerprint density at radius 2 is 1.52 bits per heavy atom. The molecule has 0 atom stereocenters. The third kappa shape index (κ3) is 2.20. The van der Waals surface area contributed by atoms with Crippen LogP contribution < -0.4 is 0 Å². The quantitative estimate of drug-likeness (QED) is 0.452. The highest BCUT2D eigenvalue weighted by molar-refractivity contribution is 6.09. The monoisotopic (exact) mass is 307 g/mol. The predicted octanol–water partition coefficient (Wildman–Crippen LogP) is 5.88. The van der Waals surface area contributed by atoms with Crippen molar-refractivity contribution < 1.29 is 8.78 Å². The summed E-state index contributed by atoms with van der Waals surface area (Å²) in [6.45, 7) is 3.81. The molecule has 1 nitrogen and oxygen atoms in total. The van der Waals surface area contributed by atoms with E-state index in [1.165, 1.54) is 18.2 Å². The van der Waals surface area contributed by atoms with Crippen molar-refractivity contribution in [3.63, 3.8) is 0 Å². The first-order chi connectivity index (χ1) is 11.0. The number of benzene rings is 3. The van der Waals surface area contributed by atoms with Crippen molar-refractivity contribution in [2.24, 2.45) is 0 Å². The van der Waals surface area contributed by atoms with E-state index in [0.717, 1.165) is 44.1 Å². The molecule has 3 aromatic carbocycles. The Morgan fingerprint density at radius 1 is 0.739 bits per heavy atom. The van der Waals surface area contributed by atoms with Crippen molar-refractivity contribution in [2.75, 3.05) is 0 Å². The van der Waals surface area contributed by atoms with Gasteiger partial charge in [-0.3, -0.25) is 0 Å². The molecule has 0 radical (unpaired) electrons. The molecule has 0 aliphatic rings. The van der Waals surface area contributed by atoms with E-state index in [0.29, 0.717) is 0 Å². The van der Waals surface area contributed by atoms with E-state index in [2.05, 4.69) is 4.98 Å². The summed E-state index contributed by atoms with van der Waals surface area (Å²) in [6.07, 6.45) is 0. The molecule has 0 fully saturated rings. The van der Waals surface area contributed by atoms with Crippen LogP contribution in [0.5, 0.6) is 0 Å². The minimum Gasteiger partial charge on any atom is -0.354 e.